The second kappa shape index (κ2) is 26.9. The van der Waals surface area contributed by atoms with Gasteiger partial charge in [-0.05, 0) is 18.8 Å². The van der Waals surface area contributed by atoms with Gasteiger partial charge in [-0.15, -0.1) is 0 Å². The maximum Gasteiger partial charge on any atom is 0.305 e. The van der Waals surface area contributed by atoms with Crippen molar-refractivity contribution in [2.24, 2.45) is 5.92 Å². The minimum Gasteiger partial charge on any atom is -0.463 e. The van der Waals surface area contributed by atoms with Gasteiger partial charge in [0.25, 0.3) is 0 Å². The Kier molecular flexibility index (Phi) is 26.1. The lowest BCUT2D eigenvalue weighted by atomic mass is 10.0. The second-order valence-electron chi connectivity index (χ2n) is 11.1. The van der Waals surface area contributed by atoms with Crippen LogP contribution in [0.2, 0.25) is 0 Å². The fourth-order valence-corrected chi connectivity index (χ4v) is 4.39. The average molecular weight is 513 g/mol. The van der Waals surface area contributed by atoms with Crippen LogP contribution in [-0.4, -0.2) is 36.4 Å². The van der Waals surface area contributed by atoms with Crippen LogP contribution in [0.5, 0.6) is 0 Å². The van der Waals surface area contributed by atoms with Crippen molar-refractivity contribution in [1.82, 2.24) is 0 Å². The van der Waals surface area contributed by atoms with Crippen LogP contribution in [0.4, 0.5) is 0 Å². The SMILES string of the molecule is CCCCCCCCCC(=O)OC[C@@H](O)COC(=O)CCCCCCCCCCCCCCC(C)C. The van der Waals surface area contributed by atoms with Gasteiger partial charge in [-0.1, -0.05) is 136 Å². The molecule has 0 aromatic heterocycles. The number of hydrogen-bond donors (Lipinski definition) is 1. The molecule has 0 radical (unpaired) electrons. The van der Waals surface area contributed by atoms with Crippen molar-refractivity contribution in [1.29, 1.82) is 0 Å². The van der Waals surface area contributed by atoms with Gasteiger partial charge < -0.3 is 14.6 Å². The van der Waals surface area contributed by atoms with E-state index in [-0.39, 0.29) is 25.2 Å². The Morgan fingerprint density at radius 2 is 0.889 bits per heavy atom. The Hall–Kier alpha value is -1.10. The molecule has 0 amide bonds. The molecule has 0 unspecified atom stereocenters. The lowest BCUT2D eigenvalue weighted by Gasteiger charge is -2.12. The molecule has 0 rings (SSSR count). The fourth-order valence-electron chi connectivity index (χ4n) is 4.39. The molecule has 0 aromatic carbocycles. The summed E-state index contributed by atoms with van der Waals surface area (Å²) in [5, 5.41) is 9.89. The van der Waals surface area contributed by atoms with Crippen LogP contribution in [-0.2, 0) is 19.1 Å². The summed E-state index contributed by atoms with van der Waals surface area (Å²) in [4.78, 5) is 23.6. The van der Waals surface area contributed by atoms with Gasteiger partial charge in [-0.3, -0.25) is 9.59 Å². The molecule has 0 saturated carbocycles. The largest absolute Gasteiger partial charge is 0.463 e. The molecule has 0 aliphatic heterocycles. The van der Waals surface area contributed by atoms with Crippen molar-refractivity contribution in [3.8, 4) is 0 Å². The molecule has 214 valence electrons. The van der Waals surface area contributed by atoms with Crippen molar-refractivity contribution >= 4 is 11.9 Å². The maximum atomic E-state index is 11.8. The van der Waals surface area contributed by atoms with Crippen LogP contribution in [0.1, 0.15) is 162 Å². The minimum atomic E-state index is -0.952. The van der Waals surface area contributed by atoms with E-state index < -0.39 is 6.10 Å². The summed E-state index contributed by atoms with van der Waals surface area (Å²) < 4.78 is 10.2. The monoisotopic (exact) mass is 512 g/mol. The van der Waals surface area contributed by atoms with Gasteiger partial charge in [-0.2, -0.15) is 0 Å². The van der Waals surface area contributed by atoms with Gasteiger partial charge in [0, 0.05) is 12.8 Å². The van der Waals surface area contributed by atoms with E-state index in [4.69, 9.17) is 9.47 Å². The molecule has 1 N–H and O–H groups in total. The predicted molar refractivity (Wildman–Crippen MR) is 150 cm³/mol. The van der Waals surface area contributed by atoms with E-state index in [0.717, 1.165) is 38.0 Å². The number of hydrogen-bond acceptors (Lipinski definition) is 5. The smallest absolute Gasteiger partial charge is 0.305 e. The summed E-state index contributed by atoms with van der Waals surface area (Å²) in [5.41, 5.74) is 0. The molecule has 0 aromatic rings. The molecule has 36 heavy (non-hydrogen) atoms. The molecule has 5 heteroatoms. The van der Waals surface area contributed by atoms with E-state index in [9.17, 15) is 14.7 Å². The van der Waals surface area contributed by atoms with Crippen molar-refractivity contribution in [2.75, 3.05) is 13.2 Å². The van der Waals surface area contributed by atoms with Crippen molar-refractivity contribution in [2.45, 2.75) is 168 Å². The number of carbonyl (C=O) groups excluding carboxylic acids is 2. The Morgan fingerprint density at radius 3 is 1.25 bits per heavy atom. The van der Waals surface area contributed by atoms with Crippen molar-refractivity contribution < 1.29 is 24.2 Å². The number of unbranched alkanes of at least 4 members (excludes halogenated alkanes) is 17. The molecule has 0 heterocycles. The number of aliphatic hydroxyl groups excluding tert-OH is 1. The normalized spacial score (nSPS) is 12.1. The van der Waals surface area contributed by atoms with Crippen LogP contribution >= 0.6 is 0 Å². The van der Waals surface area contributed by atoms with Gasteiger partial charge in [0.2, 0.25) is 0 Å². The highest BCUT2D eigenvalue weighted by atomic mass is 16.6. The summed E-state index contributed by atoms with van der Waals surface area (Å²) in [6, 6.07) is 0. The van der Waals surface area contributed by atoms with Crippen molar-refractivity contribution in [3.05, 3.63) is 0 Å². The fraction of sp³-hybridized carbons (Fsp3) is 0.935. The first-order chi connectivity index (χ1) is 17.5. The summed E-state index contributed by atoms with van der Waals surface area (Å²) in [7, 11) is 0. The molecule has 0 aliphatic carbocycles. The van der Waals surface area contributed by atoms with Gasteiger partial charge in [0.1, 0.15) is 19.3 Å². The van der Waals surface area contributed by atoms with Crippen LogP contribution < -0.4 is 0 Å². The molecule has 0 fully saturated rings. The van der Waals surface area contributed by atoms with Crippen LogP contribution in [0, 0.1) is 5.92 Å². The average Bonchev–Trinajstić information content (AvgIpc) is 2.85. The maximum absolute atomic E-state index is 11.8. The van der Waals surface area contributed by atoms with Crippen molar-refractivity contribution in [3.63, 3.8) is 0 Å². The summed E-state index contributed by atoms with van der Waals surface area (Å²) >= 11 is 0. The molecule has 0 bridgehead atoms. The Balaban J connectivity index is 3.40. The first kappa shape index (κ1) is 34.9. The van der Waals surface area contributed by atoms with Gasteiger partial charge in [0.15, 0.2) is 0 Å². The van der Waals surface area contributed by atoms with E-state index in [1.165, 1.54) is 96.3 Å². The molecule has 0 spiro atoms. The molecular weight excluding hydrogens is 452 g/mol. The van der Waals surface area contributed by atoms with E-state index in [0.29, 0.717) is 12.8 Å². The van der Waals surface area contributed by atoms with Gasteiger partial charge >= 0.3 is 11.9 Å². The zero-order chi connectivity index (χ0) is 26.7. The minimum absolute atomic E-state index is 0.110. The van der Waals surface area contributed by atoms with E-state index in [1.54, 1.807) is 0 Å². The number of esters is 2. The molecule has 0 saturated heterocycles. The standard InChI is InChI=1S/C31H60O5/c1-4-5-6-7-14-18-21-24-30(33)35-26-29(32)27-36-31(34)25-22-19-16-13-11-9-8-10-12-15-17-20-23-28(2)3/h28-29,32H,4-27H2,1-3H3/t29-/m1/s1. The van der Waals surface area contributed by atoms with E-state index in [1.807, 2.05) is 0 Å². The lowest BCUT2D eigenvalue weighted by molar-refractivity contribution is -0.152. The summed E-state index contributed by atoms with van der Waals surface area (Å²) in [6.07, 6.45) is 24.4. The zero-order valence-electron chi connectivity index (χ0n) is 24.2. The highest BCUT2D eigenvalue weighted by Crippen LogP contribution is 2.14. The topological polar surface area (TPSA) is 72.8 Å². The summed E-state index contributed by atoms with van der Waals surface area (Å²) in [6.45, 7) is 6.59. The highest BCUT2D eigenvalue weighted by Gasteiger charge is 2.12. The molecule has 5 nitrogen and oxygen atoms in total. The van der Waals surface area contributed by atoms with Gasteiger partial charge in [0.05, 0.1) is 0 Å². The van der Waals surface area contributed by atoms with Crippen LogP contribution in [0.15, 0.2) is 0 Å². The Labute approximate surface area is 223 Å². The second-order valence-corrected chi connectivity index (χ2v) is 11.1. The van der Waals surface area contributed by atoms with E-state index >= 15 is 0 Å². The highest BCUT2D eigenvalue weighted by molar-refractivity contribution is 5.69. The zero-order valence-corrected chi connectivity index (χ0v) is 24.2. The van der Waals surface area contributed by atoms with Crippen LogP contribution in [0.3, 0.4) is 0 Å². The molecule has 0 aliphatic rings. The third-order valence-electron chi connectivity index (χ3n) is 6.77. The van der Waals surface area contributed by atoms with Crippen LogP contribution in [0.25, 0.3) is 0 Å². The molecular formula is C31H60O5. The Morgan fingerprint density at radius 1 is 0.556 bits per heavy atom. The first-order valence-corrected chi connectivity index (χ1v) is 15.4. The third-order valence-corrected chi connectivity index (χ3v) is 6.77. The lowest BCUT2D eigenvalue weighted by Crippen LogP contribution is -2.25. The Bertz CT molecular complexity index is 491. The number of ether oxygens (including phenoxy) is 2. The van der Waals surface area contributed by atoms with E-state index in [2.05, 4.69) is 20.8 Å². The molecule has 1 atom stereocenters. The quantitative estimate of drug-likeness (QED) is 0.0880. The first-order valence-electron chi connectivity index (χ1n) is 15.4. The predicted octanol–water partition coefficient (Wildman–Crippen LogP) is 8.69. The number of rotatable bonds is 27. The summed E-state index contributed by atoms with van der Waals surface area (Å²) in [5.74, 6) is 0.277. The number of aliphatic hydroxyl groups is 1. The van der Waals surface area contributed by atoms with Gasteiger partial charge in [-0.25, -0.2) is 0 Å². The number of carbonyl (C=O) groups is 2. The third kappa shape index (κ3) is 27.5.